The fraction of sp³-hybridized carbons (Fsp3) is 0.636. The Bertz CT molecular complexity index is 517. The van der Waals surface area contributed by atoms with Gasteiger partial charge in [0.2, 0.25) is 0 Å². The molecule has 0 radical (unpaired) electrons. The molecular weight excluding hydrogens is 330 g/mol. The fourth-order valence-electron chi connectivity index (χ4n) is 4.29. The first-order chi connectivity index (χ1) is 12.2. The van der Waals surface area contributed by atoms with Gasteiger partial charge in [0.1, 0.15) is 0 Å². The molecule has 0 atom stereocenters. The summed E-state index contributed by atoms with van der Waals surface area (Å²) in [6.07, 6.45) is 12.4. The summed E-state index contributed by atoms with van der Waals surface area (Å²) >= 11 is 6.23. The molecule has 2 aliphatic rings. The smallest absolute Gasteiger partial charge is 0.0609 e. The van der Waals surface area contributed by atoms with Gasteiger partial charge in [0.15, 0.2) is 0 Å². The number of hydrogen-bond acceptors (Lipinski definition) is 2. The molecule has 1 heterocycles. The van der Waals surface area contributed by atoms with E-state index in [1.807, 2.05) is 6.07 Å². The van der Waals surface area contributed by atoms with Crippen LogP contribution in [0.3, 0.4) is 0 Å². The van der Waals surface area contributed by atoms with E-state index in [1.54, 1.807) is 0 Å². The molecule has 0 amide bonds. The average molecular weight is 364 g/mol. The van der Waals surface area contributed by atoms with Crippen molar-refractivity contribution in [3.8, 4) is 0 Å². The maximum atomic E-state index is 7.76. The molecule has 1 aliphatic heterocycles. The predicted molar refractivity (Wildman–Crippen MR) is 109 cm³/mol. The molecule has 2 nitrogen and oxygen atoms in total. The molecule has 140 valence electrons. The van der Waals surface area contributed by atoms with Gasteiger partial charge in [-0.2, -0.15) is 0 Å². The van der Waals surface area contributed by atoms with Gasteiger partial charge in [-0.1, -0.05) is 49.9 Å². The SMILES string of the molecule is C=CCO.CCc1ccc(Cl)cc1C1CCN(C2CCCCC2)CC1. The highest BCUT2D eigenvalue weighted by Crippen LogP contribution is 2.34. The number of aryl methyl sites for hydroxylation is 1. The molecule has 25 heavy (non-hydrogen) atoms. The molecule has 2 fully saturated rings. The highest BCUT2D eigenvalue weighted by molar-refractivity contribution is 6.30. The van der Waals surface area contributed by atoms with E-state index in [9.17, 15) is 0 Å². The van der Waals surface area contributed by atoms with Crippen LogP contribution < -0.4 is 0 Å². The van der Waals surface area contributed by atoms with Gasteiger partial charge in [-0.25, -0.2) is 0 Å². The molecule has 0 bridgehead atoms. The van der Waals surface area contributed by atoms with Crippen LogP contribution in [0.4, 0.5) is 0 Å². The van der Waals surface area contributed by atoms with Gasteiger partial charge in [0.05, 0.1) is 6.61 Å². The van der Waals surface area contributed by atoms with E-state index in [1.165, 1.54) is 75.2 Å². The summed E-state index contributed by atoms with van der Waals surface area (Å²) in [5, 5.41) is 8.66. The predicted octanol–water partition coefficient (Wildman–Crippen LogP) is 5.58. The van der Waals surface area contributed by atoms with Crippen molar-refractivity contribution in [3.63, 3.8) is 0 Å². The van der Waals surface area contributed by atoms with Crippen LogP contribution in [0.2, 0.25) is 5.02 Å². The van der Waals surface area contributed by atoms with Gasteiger partial charge in [0.25, 0.3) is 0 Å². The Kier molecular flexibility index (Phi) is 9.02. The third-order valence-corrected chi connectivity index (χ3v) is 5.91. The number of hydrogen-bond donors (Lipinski definition) is 1. The molecule has 1 saturated heterocycles. The van der Waals surface area contributed by atoms with Crippen LogP contribution in [0.1, 0.15) is 68.9 Å². The summed E-state index contributed by atoms with van der Waals surface area (Å²) in [5.74, 6) is 0.721. The molecule has 3 rings (SSSR count). The lowest BCUT2D eigenvalue weighted by Gasteiger charge is -2.39. The number of halogens is 1. The van der Waals surface area contributed by atoms with Crippen molar-refractivity contribution < 1.29 is 5.11 Å². The largest absolute Gasteiger partial charge is 0.392 e. The second-order valence-corrected chi connectivity index (χ2v) is 7.71. The van der Waals surface area contributed by atoms with E-state index in [0.717, 1.165) is 23.4 Å². The number of nitrogens with zero attached hydrogens (tertiary/aromatic N) is 1. The fourth-order valence-corrected chi connectivity index (χ4v) is 4.47. The minimum absolute atomic E-state index is 0.0833. The lowest BCUT2D eigenvalue weighted by atomic mass is 9.84. The average Bonchev–Trinajstić information content (AvgIpc) is 2.69. The highest BCUT2D eigenvalue weighted by Gasteiger charge is 2.27. The first kappa shape index (κ1) is 20.5. The molecule has 0 aromatic heterocycles. The zero-order valence-electron chi connectivity index (χ0n) is 15.7. The van der Waals surface area contributed by atoms with Crippen molar-refractivity contribution >= 4 is 11.6 Å². The van der Waals surface area contributed by atoms with Crippen LogP contribution in [0.5, 0.6) is 0 Å². The number of rotatable bonds is 4. The Morgan fingerprint density at radius 2 is 1.80 bits per heavy atom. The van der Waals surface area contributed by atoms with Crippen molar-refractivity contribution in [2.45, 2.75) is 70.3 Å². The summed E-state index contributed by atoms with van der Waals surface area (Å²) in [4.78, 5) is 2.77. The van der Waals surface area contributed by atoms with Crippen LogP contribution in [0.15, 0.2) is 30.9 Å². The maximum absolute atomic E-state index is 7.76. The second-order valence-electron chi connectivity index (χ2n) is 7.27. The second kappa shape index (κ2) is 11.0. The normalized spacial score (nSPS) is 20.0. The zero-order chi connectivity index (χ0) is 18.1. The summed E-state index contributed by atoms with van der Waals surface area (Å²) in [6.45, 7) is 8.13. The van der Waals surface area contributed by atoms with Crippen LogP contribution in [0, 0.1) is 0 Å². The van der Waals surface area contributed by atoms with E-state index < -0.39 is 0 Å². The topological polar surface area (TPSA) is 23.5 Å². The van der Waals surface area contributed by atoms with Crippen LogP contribution in [0.25, 0.3) is 0 Å². The first-order valence-electron chi connectivity index (χ1n) is 9.93. The van der Waals surface area contributed by atoms with Gasteiger partial charge in [-0.05, 0) is 74.4 Å². The number of likely N-dealkylation sites (tertiary alicyclic amines) is 1. The van der Waals surface area contributed by atoms with Crippen molar-refractivity contribution in [2.24, 2.45) is 0 Å². The summed E-state index contributed by atoms with van der Waals surface area (Å²) in [7, 11) is 0. The number of benzene rings is 1. The number of aliphatic hydroxyl groups is 1. The Morgan fingerprint density at radius 1 is 1.16 bits per heavy atom. The monoisotopic (exact) mass is 363 g/mol. The third kappa shape index (κ3) is 6.13. The molecule has 1 N–H and O–H groups in total. The quantitative estimate of drug-likeness (QED) is 0.706. The molecular formula is C22H34ClNO. The Labute approximate surface area is 158 Å². The minimum Gasteiger partial charge on any atom is -0.392 e. The van der Waals surface area contributed by atoms with Crippen LogP contribution >= 0.6 is 11.6 Å². The third-order valence-electron chi connectivity index (χ3n) is 5.68. The summed E-state index contributed by atoms with van der Waals surface area (Å²) in [6, 6.07) is 7.37. The van der Waals surface area contributed by atoms with Crippen molar-refractivity contribution in [1.29, 1.82) is 0 Å². The molecule has 3 heteroatoms. The highest BCUT2D eigenvalue weighted by atomic mass is 35.5. The molecule has 1 aromatic rings. The van der Waals surface area contributed by atoms with Crippen molar-refractivity contribution in [2.75, 3.05) is 19.7 Å². The maximum Gasteiger partial charge on any atom is 0.0609 e. The Hall–Kier alpha value is -0.830. The molecule has 1 aromatic carbocycles. The number of aliphatic hydroxyl groups excluding tert-OH is 1. The van der Waals surface area contributed by atoms with Crippen molar-refractivity contribution in [1.82, 2.24) is 4.90 Å². The summed E-state index contributed by atoms with van der Waals surface area (Å²) in [5.41, 5.74) is 3.02. The lowest BCUT2D eigenvalue weighted by Crippen LogP contribution is -2.42. The molecule has 1 aliphatic carbocycles. The standard InChI is InChI=1S/C19H28ClN.C3H6O/c1-2-15-8-9-17(20)14-19(15)16-10-12-21(13-11-16)18-6-4-3-5-7-18;1-2-3-4/h8-9,14,16,18H,2-7,10-13H2,1H3;2,4H,1,3H2. The molecule has 0 spiro atoms. The van der Waals surface area contributed by atoms with Crippen LogP contribution in [-0.2, 0) is 6.42 Å². The number of piperidine rings is 1. The van der Waals surface area contributed by atoms with Crippen molar-refractivity contribution in [3.05, 3.63) is 47.0 Å². The van der Waals surface area contributed by atoms with E-state index in [4.69, 9.17) is 16.7 Å². The van der Waals surface area contributed by atoms with Crippen LogP contribution in [-0.4, -0.2) is 35.7 Å². The lowest BCUT2D eigenvalue weighted by molar-refractivity contribution is 0.122. The van der Waals surface area contributed by atoms with Gasteiger partial charge in [0, 0.05) is 11.1 Å². The minimum atomic E-state index is 0.0833. The Morgan fingerprint density at radius 3 is 2.36 bits per heavy atom. The van der Waals surface area contributed by atoms with Gasteiger partial charge >= 0.3 is 0 Å². The molecule has 1 saturated carbocycles. The van der Waals surface area contributed by atoms with E-state index in [2.05, 4.69) is 30.5 Å². The summed E-state index contributed by atoms with van der Waals surface area (Å²) < 4.78 is 0. The molecule has 0 unspecified atom stereocenters. The van der Waals surface area contributed by atoms with Gasteiger partial charge in [-0.15, -0.1) is 6.58 Å². The van der Waals surface area contributed by atoms with E-state index in [-0.39, 0.29) is 6.61 Å². The first-order valence-corrected chi connectivity index (χ1v) is 10.3. The van der Waals surface area contributed by atoms with E-state index >= 15 is 0 Å². The zero-order valence-corrected chi connectivity index (χ0v) is 16.5. The Balaban J connectivity index is 0.000000511. The van der Waals surface area contributed by atoms with E-state index in [0.29, 0.717) is 0 Å². The van der Waals surface area contributed by atoms with Gasteiger partial charge < -0.3 is 10.0 Å². The van der Waals surface area contributed by atoms with Gasteiger partial charge in [-0.3, -0.25) is 0 Å².